The summed E-state index contributed by atoms with van der Waals surface area (Å²) in [6.07, 6.45) is 0.566. The van der Waals surface area contributed by atoms with Gasteiger partial charge in [-0.1, -0.05) is 0 Å². The van der Waals surface area contributed by atoms with Crippen LogP contribution in [0.1, 0.15) is 18.3 Å². The Morgan fingerprint density at radius 1 is 1.45 bits per heavy atom. The van der Waals surface area contributed by atoms with E-state index in [-0.39, 0.29) is 23.4 Å². The number of rotatable bonds is 3. The van der Waals surface area contributed by atoms with Gasteiger partial charge in [0, 0.05) is 6.07 Å². The molecule has 1 fully saturated rings. The van der Waals surface area contributed by atoms with Crippen molar-refractivity contribution in [2.45, 2.75) is 18.3 Å². The van der Waals surface area contributed by atoms with Crippen LogP contribution in [0.15, 0.2) is 12.1 Å². The van der Waals surface area contributed by atoms with Gasteiger partial charge in [-0.25, -0.2) is 13.4 Å². The number of imidazole rings is 1. The van der Waals surface area contributed by atoms with Crippen molar-refractivity contribution in [2.24, 2.45) is 0 Å². The molecule has 20 heavy (non-hydrogen) atoms. The number of hydrogen-bond donors (Lipinski definition) is 0. The number of methoxy groups -OCH3 is 1. The molecule has 1 aliphatic heterocycles. The third kappa shape index (κ3) is 2.25. The molecule has 3 heterocycles. The molecule has 2 aromatic rings. The van der Waals surface area contributed by atoms with E-state index >= 15 is 0 Å². The fourth-order valence-electron chi connectivity index (χ4n) is 2.57. The van der Waals surface area contributed by atoms with Crippen LogP contribution in [-0.2, 0) is 15.7 Å². The van der Waals surface area contributed by atoms with Crippen LogP contribution >= 0.6 is 11.6 Å². The van der Waals surface area contributed by atoms with Crippen molar-refractivity contribution in [2.75, 3.05) is 18.6 Å². The molecule has 3 rings (SSSR count). The van der Waals surface area contributed by atoms with Crippen molar-refractivity contribution in [3.63, 3.8) is 0 Å². The number of alkyl halides is 1. The first-order valence-corrected chi connectivity index (χ1v) is 8.58. The Morgan fingerprint density at radius 2 is 2.25 bits per heavy atom. The average Bonchev–Trinajstić information content (AvgIpc) is 2.97. The maximum atomic E-state index is 11.7. The minimum Gasteiger partial charge on any atom is -0.481 e. The maximum Gasteiger partial charge on any atom is 0.215 e. The highest BCUT2D eigenvalue weighted by Crippen LogP contribution is 2.30. The van der Waals surface area contributed by atoms with E-state index < -0.39 is 9.84 Å². The van der Waals surface area contributed by atoms with Crippen molar-refractivity contribution >= 4 is 32.6 Å². The number of hydrogen-bond acceptors (Lipinski definition) is 5. The summed E-state index contributed by atoms with van der Waals surface area (Å²) in [6.45, 7) is 0. The highest BCUT2D eigenvalue weighted by Gasteiger charge is 2.32. The van der Waals surface area contributed by atoms with Gasteiger partial charge in [0.25, 0.3) is 0 Å². The van der Waals surface area contributed by atoms with E-state index in [4.69, 9.17) is 16.3 Å². The van der Waals surface area contributed by atoms with Gasteiger partial charge in [-0.3, -0.25) is 0 Å². The second kappa shape index (κ2) is 4.89. The Bertz CT molecular complexity index is 757. The molecule has 0 amide bonds. The molecule has 0 N–H and O–H groups in total. The summed E-state index contributed by atoms with van der Waals surface area (Å²) in [5.41, 5.74) is 1.33. The Balaban J connectivity index is 2.16. The molecule has 0 spiro atoms. The number of fused-ring (bicyclic) bond motifs is 1. The summed E-state index contributed by atoms with van der Waals surface area (Å²) in [6, 6.07) is 3.37. The molecule has 1 aliphatic rings. The van der Waals surface area contributed by atoms with Crippen LogP contribution in [0, 0.1) is 0 Å². The lowest BCUT2D eigenvalue weighted by molar-refractivity contribution is 0.398. The molecule has 1 saturated heterocycles. The topological polar surface area (TPSA) is 74.1 Å². The van der Waals surface area contributed by atoms with Crippen molar-refractivity contribution in [3.8, 4) is 5.88 Å². The van der Waals surface area contributed by atoms with Crippen LogP contribution in [0.4, 0.5) is 0 Å². The number of aromatic nitrogens is 3. The number of nitrogens with zero attached hydrogens (tertiary/aromatic N) is 3. The predicted molar refractivity (Wildman–Crippen MR) is 75.9 cm³/mol. The molecule has 0 aromatic carbocycles. The summed E-state index contributed by atoms with van der Waals surface area (Å²) < 4.78 is 30.3. The van der Waals surface area contributed by atoms with E-state index in [1.807, 2.05) is 4.57 Å². The molecule has 0 aliphatic carbocycles. The Morgan fingerprint density at radius 3 is 2.85 bits per heavy atom. The lowest BCUT2D eigenvalue weighted by atomic mass is 10.2. The zero-order chi connectivity index (χ0) is 14.3. The first-order valence-electron chi connectivity index (χ1n) is 6.22. The fraction of sp³-hybridized carbons (Fsp3) is 0.500. The monoisotopic (exact) mass is 315 g/mol. The summed E-state index contributed by atoms with van der Waals surface area (Å²) >= 11 is 5.93. The summed E-state index contributed by atoms with van der Waals surface area (Å²) in [7, 11) is -1.44. The summed E-state index contributed by atoms with van der Waals surface area (Å²) in [5.74, 6) is 1.64. The molecule has 8 heteroatoms. The van der Waals surface area contributed by atoms with E-state index in [9.17, 15) is 8.42 Å². The van der Waals surface area contributed by atoms with Gasteiger partial charge in [0.2, 0.25) is 5.88 Å². The molecule has 1 atom stereocenters. The first kappa shape index (κ1) is 13.6. The number of sulfone groups is 1. The molecule has 0 radical (unpaired) electrons. The largest absolute Gasteiger partial charge is 0.481 e. The van der Waals surface area contributed by atoms with Crippen LogP contribution in [0.5, 0.6) is 5.88 Å². The fourth-order valence-corrected chi connectivity index (χ4v) is 4.46. The number of ether oxygens (including phenoxy) is 1. The molecular weight excluding hydrogens is 302 g/mol. The quantitative estimate of drug-likeness (QED) is 0.803. The first-order chi connectivity index (χ1) is 9.54. The van der Waals surface area contributed by atoms with Gasteiger partial charge in [0.05, 0.1) is 30.5 Å². The van der Waals surface area contributed by atoms with E-state index in [0.717, 1.165) is 0 Å². The highest BCUT2D eigenvalue weighted by molar-refractivity contribution is 7.91. The lowest BCUT2D eigenvalue weighted by Gasteiger charge is -2.13. The second-order valence-electron chi connectivity index (χ2n) is 4.78. The molecule has 2 aromatic heterocycles. The van der Waals surface area contributed by atoms with Crippen molar-refractivity contribution in [1.29, 1.82) is 0 Å². The van der Waals surface area contributed by atoms with Gasteiger partial charge >= 0.3 is 0 Å². The van der Waals surface area contributed by atoms with E-state index in [2.05, 4.69) is 9.97 Å². The molecular formula is C12H14ClN3O3S. The minimum absolute atomic E-state index is 0.112. The average molecular weight is 316 g/mol. The minimum atomic E-state index is -2.98. The van der Waals surface area contributed by atoms with Crippen LogP contribution in [0.3, 0.4) is 0 Å². The van der Waals surface area contributed by atoms with Crippen LogP contribution in [-0.4, -0.2) is 41.6 Å². The zero-order valence-electron chi connectivity index (χ0n) is 10.9. The van der Waals surface area contributed by atoms with Crippen molar-refractivity contribution in [1.82, 2.24) is 14.5 Å². The van der Waals surface area contributed by atoms with E-state index in [1.54, 1.807) is 12.1 Å². The van der Waals surface area contributed by atoms with Gasteiger partial charge < -0.3 is 9.30 Å². The van der Waals surface area contributed by atoms with E-state index in [1.165, 1.54) is 7.11 Å². The second-order valence-corrected chi connectivity index (χ2v) is 7.28. The maximum absolute atomic E-state index is 11.7. The normalized spacial score (nSPS) is 21.4. The molecule has 0 saturated carbocycles. The number of pyridine rings is 1. The number of halogens is 1. The van der Waals surface area contributed by atoms with Gasteiger partial charge in [0.1, 0.15) is 11.3 Å². The molecule has 0 bridgehead atoms. The zero-order valence-corrected chi connectivity index (χ0v) is 12.5. The SMILES string of the molecule is COc1ccc2nc(CCl)n(C3CCS(=O)(=O)C3)c2n1. The lowest BCUT2D eigenvalue weighted by Crippen LogP contribution is -2.14. The standard InChI is InChI=1S/C12H14ClN3O3S/c1-19-11-3-2-9-12(15-11)16(10(6-13)14-9)8-4-5-20(17,18)7-8/h2-3,8H,4-7H2,1H3. The van der Waals surface area contributed by atoms with Crippen LogP contribution < -0.4 is 4.74 Å². The predicted octanol–water partition coefficient (Wildman–Crippen LogP) is 1.54. The van der Waals surface area contributed by atoms with Crippen molar-refractivity contribution in [3.05, 3.63) is 18.0 Å². The smallest absolute Gasteiger partial charge is 0.215 e. The van der Waals surface area contributed by atoms with Crippen LogP contribution in [0.25, 0.3) is 11.2 Å². The van der Waals surface area contributed by atoms with Gasteiger partial charge in [0.15, 0.2) is 15.5 Å². The Kier molecular flexibility index (Phi) is 3.33. The van der Waals surface area contributed by atoms with E-state index in [0.29, 0.717) is 29.3 Å². The van der Waals surface area contributed by atoms with Gasteiger partial charge in [-0.2, -0.15) is 4.98 Å². The van der Waals surface area contributed by atoms with Crippen LogP contribution in [0.2, 0.25) is 0 Å². The van der Waals surface area contributed by atoms with Crippen molar-refractivity contribution < 1.29 is 13.2 Å². The van der Waals surface area contributed by atoms with Gasteiger partial charge in [-0.15, -0.1) is 11.6 Å². The third-order valence-electron chi connectivity index (χ3n) is 3.49. The van der Waals surface area contributed by atoms with Gasteiger partial charge in [-0.05, 0) is 12.5 Å². The summed E-state index contributed by atoms with van der Waals surface area (Å²) in [4.78, 5) is 8.80. The third-order valence-corrected chi connectivity index (χ3v) is 5.48. The Labute approximate surface area is 121 Å². The highest BCUT2D eigenvalue weighted by atomic mass is 35.5. The summed E-state index contributed by atoms with van der Waals surface area (Å²) in [5, 5.41) is 0. The molecule has 1 unspecified atom stereocenters. The Hall–Kier alpha value is -1.34. The molecule has 108 valence electrons. The molecule has 6 nitrogen and oxygen atoms in total.